The van der Waals surface area contributed by atoms with Gasteiger partial charge in [-0.05, 0) is 142 Å². The summed E-state index contributed by atoms with van der Waals surface area (Å²) in [6, 6.07) is 3.65. The number of fused-ring (bicyclic) bond motifs is 5. The first-order chi connectivity index (χ1) is 23.8. The van der Waals surface area contributed by atoms with Crippen LogP contribution < -0.4 is 0 Å². The Morgan fingerprint density at radius 1 is 0.788 bits per heavy atom. The molecule has 7 heteroatoms. The minimum absolute atomic E-state index is 0.0124. The third-order valence-corrected chi connectivity index (χ3v) is 29.7. The van der Waals surface area contributed by atoms with Crippen LogP contribution in [0.1, 0.15) is 141 Å². The molecule has 4 nitrogen and oxygen atoms in total. The molecule has 4 rings (SSSR count). The van der Waals surface area contributed by atoms with E-state index in [9.17, 15) is 0 Å². The highest BCUT2D eigenvalue weighted by molar-refractivity contribution is 6.74. The Morgan fingerprint density at radius 2 is 1.38 bits per heavy atom. The van der Waals surface area contributed by atoms with Crippen LogP contribution in [0.15, 0.2) is 34.9 Å². The van der Waals surface area contributed by atoms with Gasteiger partial charge in [-0.2, -0.15) is 0 Å². The van der Waals surface area contributed by atoms with Gasteiger partial charge in [0.2, 0.25) is 0 Å². The second-order valence-electron chi connectivity index (χ2n) is 21.6. The van der Waals surface area contributed by atoms with Gasteiger partial charge in [0.1, 0.15) is 0 Å². The second-order valence-corrected chi connectivity index (χ2v) is 35.8. The van der Waals surface area contributed by atoms with Crippen LogP contribution in [-0.2, 0) is 18.0 Å². The van der Waals surface area contributed by atoms with E-state index in [1.807, 2.05) is 0 Å². The zero-order chi connectivity index (χ0) is 39.2. The molecule has 0 amide bonds. The van der Waals surface area contributed by atoms with Gasteiger partial charge in [-0.15, -0.1) is 0 Å². The van der Waals surface area contributed by atoms with Crippen molar-refractivity contribution in [1.82, 2.24) is 0 Å². The van der Waals surface area contributed by atoms with E-state index in [1.54, 1.807) is 16.7 Å². The molecule has 52 heavy (non-hydrogen) atoms. The van der Waals surface area contributed by atoms with Gasteiger partial charge in [0, 0.05) is 12.0 Å². The average molecular weight is 773 g/mol. The van der Waals surface area contributed by atoms with E-state index in [2.05, 4.69) is 134 Å². The molecular formula is C45H84O4Si3. The molecule has 0 bridgehead atoms. The van der Waals surface area contributed by atoms with Gasteiger partial charge >= 0.3 is 0 Å². The van der Waals surface area contributed by atoms with E-state index < -0.39 is 25.0 Å². The maximum atomic E-state index is 7.57. The number of allylic oxidation sites excluding steroid dienone is 4. The highest BCUT2D eigenvalue weighted by Crippen LogP contribution is 2.64. The molecular weight excluding hydrogens is 689 g/mol. The molecule has 4 aliphatic rings. The first-order valence-corrected chi connectivity index (χ1v) is 29.9. The summed E-state index contributed by atoms with van der Waals surface area (Å²) in [4.78, 5) is 0. The van der Waals surface area contributed by atoms with Crippen LogP contribution in [0.2, 0.25) is 54.4 Å². The summed E-state index contributed by atoms with van der Waals surface area (Å²) in [6.45, 7) is 42.4. The van der Waals surface area contributed by atoms with Crippen molar-refractivity contribution in [2.75, 3.05) is 13.2 Å². The predicted octanol–water partition coefficient (Wildman–Crippen LogP) is 13.8. The van der Waals surface area contributed by atoms with Crippen molar-refractivity contribution in [3.05, 3.63) is 34.9 Å². The van der Waals surface area contributed by atoms with Gasteiger partial charge in [0.15, 0.2) is 25.0 Å². The summed E-state index contributed by atoms with van der Waals surface area (Å²) < 4.78 is 28.1. The van der Waals surface area contributed by atoms with Crippen molar-refractivity contribution in [2.24, 2.45) is 22.7 Å². The van der Waals surface area contributed by atoms with Crippen molar-refractivity contribution < 1.29 is 18.0 Å². The highest BCUT2D eigenvalue weighted by atomic mass is 28.4. The molecule has 0 spiro atoms. The lowest BCUT2D eigenvalue weighted by molar-refractivity contribution is -0.0392. The molecule has 2 saturated carbocycles. The van der Waals surface area contributed by atoms with Crippen LogP contribution in [0, 0.1) is 22.7 Å². The topological polar surface area (TPSA) is 36.9 Å². The molecule has 0 radical (unpaired) electrons. The van der Waals surface area contributed by atoms with Crippen molar-refractivity contribution in [3.8, 4) is 0 Å². The normalized spacial score (nSPS) is 30.3. The lowest BCUT2D eigenvalue weighted by Crippen LogP contribution is -2.58. The molecule has 0 unspecified atom stereocenters. The SMILES string of the molecule is CC[Si](CC)(CC)OC(C)(C)CCCCOCC1=CC[C@H]2C3=CC=C4C[C@@H](O[Si](C)(C)C(C)(C)C)C[C@H](O[Si](C)(C)C(C)(C)C)[C@]4(C)[C@H]3CC[C@]12C. The number of hydrogen-bond donors (Lipinski definition) is 0. The van der Waals surface area contributed by atoms with Crippen molar-refractivity contribution in [3.63, 3.8) is 0 Å². The number of hydrogen-bond acceptors (Lipinski definition) is 4. The summed E-state index contributed by atoms with van der Waals surface area (Å²) in [7, 11) is -5.54. The minimum Gasteiger partial charge on any atom is -0.414 e. The molecule has 0 aliphatic heterocycles. The van der Waals surface area contributed by atoms with Crippen LogP contribution in [0.4, 0.5) is 0 Å². The van der Waals surface area contributed by atoms with Crippen molar-refractivity contribution in [1.29, 1.82) is 0 Å². The average Bonchev–Trinajstić information content (AvgIpc) is 3.36. The molecule has 0 N–H and O–H groups in total. The fraction of sp³-hybridized carbons (Fsp3) is 0.867. The van der Waals surface area contributed by atoms with Gasteiger partial charge in [-0.25, -0.2) is 0 Å². The van der Waals surface area contributed by atoms with E-state index in [-0.39, 0.29) is 38.7 Å². The van der Waals surface area contributed by atoms with Gasteiger partial charge in [-0.1, -0.05) is 106 Å². The molecule has 6 atom stereocenters. The van der Waals surface area contributed by atoms with Crippen LogP contribution in [0.25, 0.3) is 0 Å². The monoisotopic (exact) mass is 773 g/mol. The zero-order valence-electron chi connectivity index (χ0n) is 37.4. The molecule has 300 valence electrons. The van der Waals surface area contributed by atoms with Gasteiger partial charge in [-0.3, -0.25) is 0 Å². The fourth-order valence-electron chi connectivity index (χ4n) is 9.83. The highest BCUT2D eigenvalue weighted by Gasteiger charge is 2.59. The lowest BCUT2D eigenvalue weighted by atomic mass is 9.50. The summed E-state index contributed by atoms with van der Waals surface area (Å²) in [6.07, 6.45) is 17.1. The quantitative estimate of drug-likeness (QED) is 0.0889. The van der Waals surface area contributed by atoms with E-state index in [1.165, 1.54) is 31.0 Å². The van der Waals surface area contributed by atoms with Crippen LogP contribution >= 0.6 is 0 Å². The van der Waals surface area contributed by atoms with Crippen LogP contribution in [0.5, 0.6) is 0 Å². The summed E-state index contributed by atoms with van der Waals surface area (Å²) >= 11 is 0. The van der Waals surface area contributed by atoms with Crippen molar-refractivity contribution >= 4 is 25.0 Å². The smallest absolute Gasteiger partial charge is 0.192 e. The molecule has 4 aliphatic carbocycles. The number of rotatable bonds is 16. The van der Waals surface area contributed by atoms with Gasteiger partial charge < -0.3 is 18.0 Å². The largest absolute Gasteiger partial charge is 0.414 e. The first-order valence-electron chi connectivity index (χ1n) is 21.6. The summed E-state index contributed by atoms with van der Waals surface area (Å²) in [5.74, 6) is 1.09. The number of ether oxygens (including phenoxy) is 1. The molecule has 0 saturated heterocycles. The lowest BCUT2D eigenvalue weighted by Gasteiger charge is -2.59. The third-order valence-electron chi connectivity index (χ3n) is 15.9. The second kappa shape index (κ2) is 15.9. The number of unbranched alkanes of at least 4 members (excludes halogenated alkanes) is 1. The van der Waals surface area contributed by atoms with Crippen LogP contribution in [0.3, 0.4) is 0 Å². The zero-order valence-corrected chi connectivity index (χ0v) is 40.4. The molecule has 0 heterocycles. The maximum Gasteiger partial charge on any atom is 0.192 e. The Morgan fingerprint density at radius 3 is 1.96 bits per heavy atom. The van der Waals surface area contributed by atoms with Gasteiger partial charge in [0.05, 0.1) is 24.4 Å². The van der Waals surface area contributed by atoms with Crippen LogP contribution in [-0.4, -0.2) is 56.0 Å². The van der Waals surface area contributed by atoms with E-state index >= 15 is 0 Å². The molecule has 2 fully saturated rings. The Labute approximate surface area is 326 Å². The minimum atomic E-state index is -2.02. The molecule has 0 aromatic heterocycles. The molecule has 0 aromatic carbocycles. The Balaban J connectivity index is 1.45. The predicted molar refractivity (Wildman–Crippen MR) is 232 cm³/mol. The standard InChI is InChI=1S/C45H84O4Si3/c1-18-52(19-2,20-3)49-43(10,11)28-21-22-30-46-33-35-24-26-38-37-25-23-34-31-36(47-50(14,15)41(4,5)6)32-40(48-51(16,17)42(7,8)9)45(34,13)39(37)27-29-44(35,38)12/h23-25,36,38-40H,18-22,26-33H2,1-17H3/t36-,38+,39+,40+,44-,45+/m1/s1. The Bertz CT molecular complexity index is 1320. The maximum absolute atomic E-state index is 7.57. The fourth-order valence-corrected chi connectivity index (χ4v) is 15.8. The Hall–Kier alpha value is -0.289. The van der Waals surface area contributed by atoms with E-state index in [0.717, 1.165) is 51.7 Å². The van der Waals surface area contributed by atoms with Gasteiger partial charge in [0.25, 0.3) is 0 Å². The van der Waals surface area contributed by atoms with E-state index in [4.69, 9.17) is 18.0 Å². The summed E-state index contributed by atoms with van der Waals surface area (Å²) in [5, 5.41) is 0.361. The van der Waals surface area contributed by atoms with Crippen molar-refractivity contribution in [2.45, 2.75) is 214 Å². The first kappa shape index (κ1) is 44.4. The van der Waals surface area contributed by atoms with E-state index in [0.29, 0.717) is 11.8 Å². The molecule has 0 aromatic rings. The third kappa shape index (κ3) is 8.96. The Kier molecular flexibility index (Phi) is 13.6. The summed E-state index contributed by atoms with van der Waals surface area (Å²) in [5.41, 5.74) is 4.98.